The first kappa shape index (κ1) is 3.89. The Morgan fingerprint density at radius 1 is 1.82 bits per heavy atom. The highest BCUT2D eigenvalue weighted by Gasteiger charge is 2.23. The van der Waals surface area contributed by atoms with E-state index in [9.17, 15) is 0 Å². The van der Waals surface area contributed by atoms with Crippen LogP contribution in [0.1, 0.15) is 12.9 Å². The minimum absolute atomic E-state index is 0.0922. The van der Waals surface area contributed by atoms with Gasteiger partial charge in [0.05, 0.1) is 32.2 Å². The van der Waals surface area contributed by atoms with Gasteiger partial charge in [0.25, 0.3) is 0 Å². The summed E-state index contributed by atoms with van der Waals surface area (Å²) in [4.78, 5) is 3.76. The molecule has 1 aliphatic heterocycles. The molecule has 0 N–H and O–H groups in total. The third-order valence-electron chi connectivity index (χ3n) is 1.25. The van der Waals surface area contributed by atoms with Gasteiger partial charge >= 0.3 is 0 Å². The maximum absolute atomic E-state index is 7.47. The number of imidazole rings is 1. The smallest absolute Gasteiger partial charge is 0.178 e. The maximum Gasteiger partial charge on any atom is 0.178 e. The fourth-order valence-corrected chi connectivity index (χ4v) is 1.89. The van der Waals surface area contributed by atoms with Crippen LogP contribution in [0.4, 0.5) is 0 Å². The van der Waals surface area contributed by atoms with Gasteiger partial charge in [0.1, 0.15) is 4.60 Å². The Hall–Kier alpha value is 0.130. The van der Waals surface area contributed by atoms with Gasteiger partial charge in [-0.25, -0.2) is 4.98 Å². The number of hydrogen-bond acceptors (Lipinski definition) is 2. The summed E-state index contributed by atoms with van der Waals surface area (Å²) in [6.07, 6.45) is -0.0922. The number of aromatic nitrogens is 2. The van der Waals surface area contributed by atoms with Crippen LogP contribution in [0, 0.1) is 0 Å². The molecule has 0 amide bonds. The summed E-state index contributed by atoms with van der Waals surface area (Å²) in [6, 6.07) is -1.18. The van der Waals surface area contributed by atoms with E-state index in [4.69, 9.17) is 6.85 Å². The van der Waals surface area contributed by atoms with Crippen LogP contribution in [0.3, 0.4) is 0 Å². The molecule has 0 unspecified atom stereocenters. The lowest BCUT2D eigenvalue weighted by Crippen LogP contribution is -2.30. The van der Waals surface area contributed by atoms with Gasteiger partial charge < -0.3 is 9.30 Å². The monoisotopic (exact) mass is 285 g/mol. The molecular weight excluding hydrogens is 276 g/mol. The molecule has 3 nitrogen and oxygen atoms in total. The summed E-state index contributed by atoms with van der Waals surface area (Å²) < 4.78 is 43.5. The molecule has 1 aromatic rings. The van der Waals surface area contributed by atoms with Gasteiger partial charge in [0, 0.05) is 0 Å². The predicted molar refractivity (Wildman–Crippen MR) is 47.5 cm³/mol. The van der Waals surface area contributed by atoms with Gasteiger partial charge in [-0.1, -0.05) is 0 Å². The third kappa shape index (κ3) is 1.25. The lowest BCUT2D eigenvalue weighted by molar-refractivity contribution is -0.0252. The van der Waals surface area contributed by atoms with Crippen molar-refractivity contribution in [3.63, 3.8) is 0 Å². The first-order valence-electron chi connectivity index (χ1n) is 5.27. The molecule has 60 valence electrons. The highest BCUT2D eigenvalue weighted by molar-refractivity contribution is 9.11. The van der Waals surface area contributed by atoms with E-state index in [-0.39, 0.29) is 15.5 Å². The van der Waals surface area contributed by atoms with Crippen LogP contribution in [0.5, 0.6) is 0 Å². The van der Waals surface area contributed by atoms with Crippen molar-refractivity contribution < 1.29 is 11.6 Å². The van der Waals surface area contributed by atoms with Crippen molar-refractivity contribution in [1.29, 1.82) is 0 Å². The standard InChI is InChI=1S/C6H6Br2N2O/c7-5-1-9-6(8)10(5)4-2-11-3-4/h1,4H,2-3H2/i1D,2D2,3D2. The minimum Gasteiger partial charge on any atom is -0.377 e. The largest absolute Gasteiger partial charge is 0.377 e. The zero-order valence-corrected chi connectivity index (χ0v) is 8.31. The van der Waals surface area contributed by atoms with E-state index in [0.717, 1.165) is 0 Å². The molecule has 0 aliphatic carbocycles. The number of hydrogen-bond donors (Lipinski definition) is 0. The molecule has 0 atom stereocenters. The van der Waals surface area contributed by atoms with E-state index in [1.807, 2.05) is 0 Å². The summed E-state index contributed by atoms with van der Waals surface area (Å²) >= 11 is 6.13. The summed E-state index contributed by atoms with van der Waals surface area (Å²) in [6.45, 7) is -4.25. The topological polar surface area (TPSA) is 27.1 Å². The highest BCUT2D eigenvalue weighted by Crippen LogP contribution is 2.27. The molecule has 0 aromatic carbocycles. The molecule has 11 heavy (non-hydrogen) atoms. The molecule has 1 fully saturated rings. The Labute approximate surface area is 88.0 Å². The Balaban J connectivity index is 2.52. The lowest BCUT2D eigenvalue weighted by Gasteiger charge is -2.28. The summed E-state index contributed by atoms with van der Waals surface area (Å²) in [7, 11) is 0. The van der Waals surface area contributed by atoms with E-state index in [1.165, 1.54) is 4.57 Å². The Morgan fingerprint density at radius 2 is 2.55 bits per heavy atom. The average molecular weight is 287 g/mol. The molecule has 2 rings (SSSR count). The molecule has 0 saturated carbocycles. The van der Waals surface area contributed by atoms with Gasteiger partial charge in [0.15, 0.2) is 4.73 Å². The van der Waals surface area contributed by atoms with Crippen LogP contribution in [-0.4, -0.2) is 22.7 Å². The fourth-order valence-electron chi connectivity index (χ4n) is 0.718. The Bertz CT molecular complexity index is 434. The number of halogens is 2. The van der Waals surface area contributed by atoms with E-state index < -0.39 is 19.2 Å². The molecular formula is C6H6Br2N2O. The van der Waals surface area contributed by atoms with Gasteiger partial charge in [-0.3, -0.25) is 0 Å². The van der Waals surface area contributed by atoms with Crippen LogP contribution in [0.15, 0.2) is 15.5 Å². The SMILES string of the molecule is [2H]c1nc(Br)n(C2C([2H])([2H])OC2([2H])[2H])c1Br. The second-order valence-corrected chi connectivity index (χ2v) is 3.35. The molecule has 0 bridgehead atoms. The summed E-state index contributed by atoms with van der Waals surface area (Å²) in [5.74, 6) is 0. The molecule has 1 aromatic heterocycles. The molecule has 2 heterocycles. The highest BCUT2D eigenvalue weighted by atomic mass is 79.9. The average Bonchev–Trinajstić information content (AvgIpc) is 2.29. The number of rotatable bonds is 1. The van der Waals surface area contributed by atoms with Gasteiger partial charge in [-0.05, 0) is 31.9 Å². The van der Waals surface area contributed by atoms with E-state index >= 15 is 0 Å². The van der Waals surface area contributed by atoms with Crippen LogP contribution >= 0.6 is 31.9 Å². The maximum atomic E-state index is 7.47. The van der Waals surface area contributed by atoms with Crippen molar-refractivity contribution >= 4 is 31.9 Å². The third-order valence-corrected chi connectivity index (χ3v) is 2.37. The second-order valence-electron chi connectivity index (χ2n) is 1.89. The summed E-state index contributed by atoms with van der Waals surface area (Å²) in [5, 5.41) is 0. The van der Waals surface area contributed by atoms with Crippen molar-refractivity contribution in [2.24, 2.45) is 0 Å². The molecule has 0 spiro atoms. The van der Waals surface area contributed by atoms with Crippen molar-refractivity contribution in [1.82, 2.24) is 9.55 Å². The van der Waals surface area contributed by atoms with Crippen LogP contribution in [0.25, 0.3) is 0 Å². The molecule has 1 aliphatic rings. The van der Waals surface area contributed by atoms with Gasteiger partial charge in [-0.2, -0.15) is 0 Å². The number of nitrogens with zero attached hydrogens (tertiary/aromatic N) is 2. The van der Waals surface area contributed by atoms with Crippen molar-refractivity contribution in [3.05, 3.63) is 15.5 Å². The summed E-state index contributed by atoms with van der Waals surface area (Å²) in [5.41, 5.74) is 0. The van der Waals surface area contributed by atoms with Gasteiger partial charge in [-0.15, -0.1) is 0 Å². The fraction of sp³-hybridized carbons (Fsp3) is 0.500. The minimum atomic E-state index is -2.12. The lowest BCUT2D eigenvalue weighted by atomic mass is 10.3. The van der Waals surface area contributed by atoms with Crippen molar-refractivity contribution in [2.45, 2.75) is 6.04 Å². The first-order valence-corrected chi connectivity index (χ1v) is 4.35. The van der Waals surface area contributed by atoms with Crippen molar-refractivity contribution in [2.75, 3.05) is 13.1 Å². The molecule has 0 radical (unpaired) electrons. The van der Waals surface area contributed by atoms with E-state index in [1.54, 1.807) is 0 Å². The second kappa shape index (κ2) is 2.88. The number of ether oxygens (including phenoxy) is 1. The van der Waals surface area contributed by atoms with Crippen LogP contribution in [-0.2, 0) is 4.74 Å². The quantitative estimate of drug-likeness (QED) is 0.789. The van der Waals surface area contributed by atoms with Crippen LogP contribution in [0.2, 0.25) is 0 Å². The molecule has 1 saturated heterocycles. The first-order chi connectivity index (χ1) is 7.17. The van der Waals surface area contributed by atoms with Crippen molar-refractivity contribution in [3.8, 4) is 0 Å². The normalized spacial score (nSPS) is 34.2. The van der Waals surface area contributed by atoms with Crippen LogP contribution < -0.4 is 0 Å². The van der Waals surface area contributed by atoms with Gasteiger partial charge in [0.2, 0.25) is 0 Å². The van der Waals surface area contributed by atoms with E-state index in [2.05, 4.69) is 41.6 Å². The zero-order valence-electron chi connectivity index (χ0n) is 10.1. The molecule has 5 heteroatoms. The Morgan fingerprint density at radius 3 is 3.00 bits per heavy atom. The zero-order chi connectivity index (χ0) is 12.3. The van der Waals surface area contributed by atoms with E-state index in [0.29, 0.717) is 0 Å². The predicted octanol–water partition coefficient (Wildman–Crippen LogP) is 1.98. The Kier molecular flexibility index (Phi) is 1.02.